The van der Waals surface area contributed by atoms with Gasteiger partial charge in [0.15, 0.2) is 9.84 Å². The number of rotatable bonds is 8. The van der Waals surface area contributed by atoms with Crippen molar-refractivity contribution in [2.24, 2.45) is 0 Å². The van der Waals surface area contributed by atoms with E-state index in [1.807, 2.05) is 42.5 Å². The van der Waals surface area contributed by atoms with Gasteiger partial charge in [0.05, 0.1) is 17.2 Å². The van der Waals surface area contributed by atoms with Crippen LogP contribution >= 0.6 is 0 Å². The van der Waals surface area contributed by atoms with Crippen molar-refractivity contribution in [3.8, 4) is 0 Å². The number of para-hydroxylation sites is 1. The summed E-state index contributed by atoms with van der Waals surface area (Å²) in [6, 6.07) is 24.3. The SMILES string of the molecule is CCS(=O)(=O)c1ccc(NCC(=O)Nc2ccccc2Cc2ccccc2)cc1. The summed E-state index contributed by atoms with van der Waals surface area (Å²) in [6.45, 7) is 1.70. The van der Waals surface area contributed by atoms with E-state index in [4.69, 9.17) is 0 Å². The molecule has 3 aromatic carbocycles. The minimum Gasteiger partial charge on any atom is -0.376 e. The molecule has 0 fully saturated rings. The number of amides is 1. The van der Waals surface area contributed by atoms with E-state index >= 15 is 0 Å². The average Bonchev–Trinajstić information content (AvgIpc) is 2.75. The van der Waals surface area contributed by atoms with Crippen LogP contribution in [0.1, 0.15) is 18.1 Å². The Morgan fingerprint density at radius 3 is 2.21 bits per heavy atom. The molecule has 29 heavy (non-hydrogen) atoms. The number of carbonyl (C=O) groups is 1. The van der Waals surface area contributed by atoms with Gasteiger partial charge in [-0.1, -0.05) is 55.5 Å². The summed E-state index contributed by atoms with van der Waals surface area (Å²) >= 11 is 0. The van der Waals surface area contributed by atoms with E-state index < -0.39 is 9.84 Å². The lowest BCUT2D eigenvalue weighted by atomic mass is 10.0. The second kappa shape index (κ2) is 9.39. The third-order valence-corrected chi connectivity index (χ3v) is 6.33. The van der Waals surface area contributed by atoms with E-state index in [2.05, 4.69) is 22.8 Å². The van der Waals surface area contributed by atoms with Crippen molar-refractivity contribution in [3.05, 3.63) is 90.0 Å². The van der Waals surface area contributed by atoms with Gasteiger partial charge in [-0.3, -0.25) is 4.79 Å². The average molecular weight is 409 g/mol. The van der Waals surface area contributed by atoms with Crippen LogP contribution in [-0.4, -0.2) is 26.6 Å². The summed E-state index contributed by atoms with van der Waals surface area (Å²) in [4.78, 5) is 12.7. The molecular formula is C23H24N2O3S. The Morgan fingerprint density at radius 1 is 0.862 bits per heavy atom. The molecule has 0 atom stereocenters. The van der Waals surface area contributed by atoms with E-state index in [9.17, 15) is 13.2 Å². The second-order valence-corrected chi connectivity index (χ2v) is 8.93. The summed E-state index contributed by atoms with van der Waals surface area (Å²) in [7, 11) is -3.22. The molecule has 3 rings (SSSR count). The molecular weight excluding hydrogens is 384 g/mol. The van der Waals surface area contributed by atoms with Gasteiger partial charge in [0, 0.05) is 11.4 Å². The van der Waals surface area contributed by atoms with Gasteiger partial charge < -0.3 is 10.6 Å². The Hall–Kier alpha value is -3.12. The van der Waals surface area contributed by atoms with Crippen molar-refractivity contribution in [1.29, 1.82) is 0 Å². The highest BCUT2D eigenvalue weighted by Gasteiger charge is 2.11. The quantitative estimate of drug-likeness (QED) is 0.588. The molecule has 0 spiro atoms. The summed E-state index contributed by atoms with van der Waals surface area (Å²) in [5.74, 6) is -0.110. The van der Waals surface area contributed by atoms with Crippen molar-refractivity contribution in [1.82, 2.24) is 0 Å². The van der Waals surface area contributed by atoms with Crippen molar-refractivity contribution >= 4 is 27.1 Å². The van der Waals surface area contributed by atoms with Crippen molar-refractivity contribution in [2.45, 2.75) is 18.2 Å². The van der Waals surface area contributed by atoms with Gasteiger partial charge >= 0.3 is 0 Å². The predicted octanol–water partition coefficient (Wildman–Crippen LogP) is 4.12. The number of hydrogen-bond donors (Lipinski definition) is 2. The first-order valence-electron chi connectivity index (χ1n) is 9.46. The molecule has 3 aromatic rings. The molecule has 0 aliphatic heterocycles. The van der Waals surface area contributed by atoms with Crippen LogP contribution in [0.2, 0.25) is 0 Å². The lowest BCUT2D eigenvalue weighted by molar-refractivity contribution is -0.114. The Labute approximate surface area is 171 Å². The molecule has 0 saturated carbocycles. The van der Waals surface area contributed by atoms with Gasteiger partial charge in [0.25, 0.3) is 0 Å². The van der Waals surface area contributed by atoms with Gasteiger partial charge in [0.1, 0.15) is 0 Å². The summed E-state index contributed by atoms with van der Waals surface area (Å²) in [5.41, 5.74) is 3.69. The number of anilines is 2. The van der Waals surface area contributed by atoms with Crippen molar-refractivity contribution in [2.75, 3.05) is 22.9 Å². The van der Waals surface area contributed by atoms with Gasteiger partial charge in [-0.2, -0.15) is 0 Å². The largest absolute Gasteiger partial charge is 0.376 e. The molecule has 2 N–H and O–H groups in total. The van der Waals surface area contributed by atoms with Gasteiger partial charge in [0.2, 0.25) is 5.91 Å². The minimum absolute atomic E-state index is 0.0601. The van der Waals surface area contributed by atoms with E-state index in [1.165, 1.54) is 5.56 Å². The first-order chi connectivity index (χ1) is 14.0. The van der Waals surface area contributed by atoms with E-state index in [-0.39, 0.29) is 23.1 Å². The molecule has 0 radical (unpaired) electrons. The van der Waals surface area contributed by atoms with Gasteiger partial charge in [-0.15, -0.1) is 0 Å². The zero-order valence-corrected chi connectivity index (χ0v) is 17.1. The summed E-state index contributed by atoms with van der Waals surface area (Å²) in [6.07, 6.45) is 0.734. The second-order valence-electron chi connectivity index (χ2n) is 6.65. The lowest BCUT2D eigenvalue weighted by Gasteiger charge is -2.12. The van der Waals surface area contributed by atoms with Crippen LogP contribution in [0.25, 0.3) is 0 Å². The van der Waals surface area contributed by atoms with Crippen LogP contribution in [0, 0.1) is 0 Å². The third-order valence-electron chi connectivity index (χ3n) is 4.58. The molecule has 1 amide bonds. The third kappa shape index (κ3) is 5.68. The highest BCUT2D eigenvalue weighted by atomic mass is 32.2. The van der Waals surface area contributed by atoms with Gasteiger partial charge in [-0.25, -0.2) is 8.42 Å². The maximum absolute atomic E-state index is 12.4. The highest BCUT2D eigenvalue weighted by Crippen LogP contribution is 2.19. The molecule has 0 bridgehead atoms. The molecule has 0 aromatic heterocycles. The van der Waals surface area contributed by atoms with Gasteiger partial charge in [-0.05, 0) is 47.9 Å². The van der Waals surface area contributed by atoms with Crippen LogP contribution < -0.4 is 10.6 Å². The fourth-order valence-corrected chi connectivity index (χ4v) is 3.82. The fourth-order valence-electron chi connectivity index (χ4n) is 2.94. The number of benzene rings is 3. The number of carbonyl (C=O) groups excluding carboxylic acids is 1. The fraction of sp³-hybridized carbons (Fsp3) is 0.174. The standard InChI is InChI=1S/C23H24N2O3S/c1-2-29(27,28)21-14-12-20(13-15-21)24-17-23(26)25-22-11-7-6-10-19(22)16-18-8-4-3-5-9-18/h3-15,24H,2,16-17H2,1H3,(H,25,26). The molecule has 6 heteroatoms. The Bertz CT molecular complexity index is 1060. The zero-order chi connectivity index (χ0) is 20.7. The normalized spacial score (nSPS) is 11.1. The Balaban J connectivity index is 1.60. The zero-order valence-electron chi connectivity index (χ0n) is 16.3. The predicted molar refractivity (Wildman–Crippen MR) is 117 cm³/mol. The Kier molecular flexibility index (Phi) is 6.67. The minimum atomic E-state index is -3.22. The number of sulfone groups is 1. The van der Waals surface area contributed by atoms with E-state index in [0.29, 0.717) is 5.69 Å². The van der Waals surface area contributed by atoms with Crippen molar-refractivity contribution < 1.29 is 13.2 Å². The highest BCUT2D eigenvalue weighted by molar-refractivity contribution is 7.91. The van der Waals surface area contributed by atoms with Crippen LogP contribution in [0.5, 0.6) is 0 Å². The topological polar surface area (TPSA) is 75.3 Å². The van der Waals surface area contributed by atoms with E-state index in [1.54, 1.807) is 31.2 Å². The molecule has 0 aliphatic rings. The molecule has 0 saturated heterocycles. The molecule has 150 valence electrons. The summed E-state index contributed by atoms with van der Waals surface area (Å²) in [5, 5.41) is 5.97. The van der Waals surface area contributed by atoms with Crippen LogP contribution in [0.4, 0.5) is 11.4 Å². The first kappa shape index (κ1) is 20.6. The Morgan fingerprint density at radius 2 is 1.52 bits per heavy atom. The molecule has 0 heterocycles. The molecule has 0 aliphatic carbocycles. The molecule has 0 unspecified atom stereocenters. The first-order valence-corrected chi connectivity index (χ1v) is 11.1. The van der Waals surface area contributed by atoms with E-state index in [0.717, 1.165) is 17.7 Å². The maximum Gasteiger partial charge on any atom is 0.243 e. The smallest absolute Gasteiger partial charge is 0.243 e. The van der Waals surface area contributed by atoms with Crippen LogP contribution in [-0.2, 0) is 21.1 Å². The van der Waals surface area contributed by atoms with Crippen LogP contribution in [0.3, 0.4) is 0 Å². The number of nitrogens with one attached hydrogen (secondary N) is 2. The van der Waals surface area contributed by atoms with Crippen LogP contribution in [0.15, 0.2) is 83.8 Å². The molecule has 5 nitrogen and oxygen atoms in total. The number of hydrogen-bond acceptors (Lipinski definition) is 4. The summed E-state index contributed by atoms with van der Waals surface area (Å²) < 4.78 is 23.7. The maximum atomic E-state index is 12.4. The monoisotopic (exact) mass is 408 g/mol. The lowest BCUT2D eigenvalue weighted by Crippen LogP contribution is -2.22. The van der Waals surface area contributed by atoms with Crippen molar-refractivity contribution in [3.63, 3.8) is 0 Å².